The van der Waals surface area contributed by atoms with Gasteiger partial charge in [0.15, 0.2) is 5.76 Å². The molecule has 32 heavy (non-hydrogen) atoms. The van der Waals surface area contributed by atoms with Crippen LogP contribution < -0.4 is 4.80 Å². The number of thiazole rings is 1. The van der Waals surface area contributed by atoms with Crippen LogP contribution >= 0.6 is 43.2 Å². The summed E-state index contributed by atoms with van der Waals surface area (Å²) in [4.78, 5) is 9.46. The van der Waals surface area contributed by atoms with Crippen molar-refractivity contribution in [2.24, 2.45) is 10.1 Å². The summed E-state index contributed by atoms with van der Waals surface area (Å²) in [7, 11) is 0. The number of furan rings is 1. The Morgan fingerprint density at radius 2 is 1.97 bits per heavy atom. The molecule has 5 aromatic rings. The van der Waals surface area contributed by atoms with E-state index >= 15 is 0 Å². The van der Waals surface area contributed by atoms with E-state index in [9.17, 15) is 5.11 Å². The van der Waals surface area contributed by atoms with Crippen molar-refractivity contribution in [3.8, 4) is 17.2 Å². The summed E-state index contributed by atoms with van der Waals surface area (Å²) >= 11 is 8.24. The van der Waals surface area contributed by atoms with Crippen LogP contribution in [0.15, 0.2) is 95.8 Å². The normalized spacial score (nSPS) is 12.2. The first-order chi connectivity index (χ1) is 15.6. The van der Waals surface area contributed by atoms with Gasteiger partial charge >= 0.3 is 0 Å². The monoisotopic (exact) mass is 568 g/mol. The van der Waals surface area contributed by atoms with Gasteiger partial charge in [-0.25, -0.2) is 9.67 Å². The van der Waals surface area contributed by atoms with Gasteiger partial charge < -0.3 is 9.52 Å². The molecule has 1 N–H and O–H groups in total. The minimum absolute atomic E-state index is 0.101. The standard InChI is InChI=1S/C23H14Br2N4O2S/c24-16-8-15(22(30)18(25)10-16)11-27-29-19(21-9-14-4-1-2-6-20(14)31-21)13-32-23(29)28-17-5-3-7-26-12-17/h1-13,30H. The minimum atomic E-state index is 0.101. The number of phenols is 1. The van der Waals surface area contributed by atoms with Gasteiger partial charge in [0.1, 0.15) is 17.0 Å². The number of fused-ring (bicyclic) bond motifs is 1. The largest absolute Gasteiger partial charge is 0.506 e. The van der Waals surface area contributed by atoms with E-state index in [1.54, 1.807) is 35.4 Å². The van der Waals surface area contributed by atoms with Crippen molar-refractivity contribution in [3.05, 3.63) is 91.7 Å². The van der Waals surface area contributed by atoms with Crippen molar-refractivity contribution in [1.29, 1.82) is 0 Å². The summed E-state index contributed by atoms with van der Waals surface area (Å²) in [6, 6.07) is 17.1. The quantitative estimate of drug-likeness (QED) is 0.245. The molecule has 0 amide bonds. The maximum Gasteiger partial charge on any atom is 0.211 e. The highest BCUT2D eigenvalue weighted by molar-refractivity contribution is 9.11. The predicted molar refractivity (Wildman–Crippen MR) is 133 cm³/mol. The molecule has 0 aliphatic rings. The number of hydrogen-bond acceptors (Lipinski definition) is 6. The molecular weight excluding hydrogens is 556 g/mol. The number of rotatable bonds is 4. The van der Waals surface area contributed by atoms with Crippen LogP contribution in [0, 0.1) is 0 Å². The zero-order chi connectivity index (χ0) is 22.1. The molecule has 0 aliphatic carbocycles. The Bertz CT molecular complexity index is 1490. The van der Waals surface area contributed by atoms with Crippen LogP contribution in [0.3, 0.4) is 0 Å². The molecule has 3 aromatic heterocycles. The predicted octanol–water partition coefficient (Wildman–Crippen LogP) is 6.70. The van der Waals surface area contributed by atoms with E-state index in [4.69, 9.17) is 9.41 Å². The Balaban J connectivity index is 1.68. The molecule has 9 heteroatoms. The third-order valence-corrected chi connectivity index (χ3v) is 6.48. The van der Waals surface area contributed by atoms with Crippen LogP contribution in [-0.4, -0.2) is 21.0 Å². The number of aromatic hydroxyl groups is 1. The molecule has 0 atom stereocenters. The van der Waals surface area contributed by atoms with Crippen molar-refractivity contribution < 1.29 is 9.52 Å². The van der Waals surface area contributed by atoms with E-state index in [0.29, 0.717) is 26.3 Å². The third-order valence-electron chi connectivity index (χ3n) is 4.60. The average Bonchev–Trinajstić information content (AvgIpc) is 3.39. The fraction of sp³-hybridized carbons (Fsp3) is 0. The van der Waals surface area contributed by atoms with Crippen LogP contribution in [-0.2, 0) is 0 Å². The lowest BCUT2D eigenvalue weighted by atomic mass is 10.2. The number of hydrogen-bond donors (Lipinski definition) is 1. The average molecular weight is 570 g/mol. The summed E-state index contributed by atoms with van der Waals surface area (Å²) in [5, 5.41) is 18.0. The highest BCUT2D eigenvalue weighted by Gasteiger charge is 2.13. The molecule has 0 unspecified atom stereocenters. The fourth-order valence-corrected chi connectivity index (χ4v) is 5.20. The van der Waals surface area contributed by atoms with Crippen LogP contribution in [0.4, 0.5) is 5.69 Å². The highest BCUT2D eigenvalue weighted by Crippen LogP contribution is 2.31. The molecule has 0 bridgehead atoms. The number of nitrogens with zero attached hydrogens (tertiary/aromatic N) is 4. The number of para-hydroxylation sites is 1. The van der Waals surface area contributed by atoms with Crippen LogP contribution in [0.2, 0.25) is 0 Å². The van der Waals surface area contributed by atoms with Gasteiger partial charge in [-0.1, -0.05) is 34.1 Å². The summed E-state index contributed by atoms with van der Waals surface area (Å²) in [5.41, 5.74) is 2.80. The molecule has 158 valence electrons. The van der Waals surface area contributed by atoms with Crippen LogP contribution in [0.5, 0.6) is 5.75 Å². The van der Waals surface area contributed by atoms with E-state index in [1.807, 2.05) is 47.8 Å². The Labute approximate surface area is 203 Å². The summed E-state index contributed by atoms with van der Waals surface area (Å²) in [5.74, 6) is 0.774. The lowest BCUT2D eigenvalue weighted by Crippen LogP contribution is -2.11. The van der Waals surface area contributed by atoms with Gasteiger partial charge in [-0.3, -0.25) is 4.98 Å². The molecule has 6 nitrogen and oxygen atoms in total. The van der Waals surface area contributed by atoms with Crippen molar-refractivity contribution in [2.45, 2.75) is 0 Å². The molecule has 0 fully saturated rings. The number of phenolic OH excluding ortho intramolecular Hbond substituents is 1. The second-order valence-corrected chi connectivity index (χ2v) is 9.36. The van der Waals surface area contributed by atoms with Gasteiger partial charge in [-0.15, -0.1) is 11.3 Å². The number of aromatic nitrogens is 2. The molecule has 0 aliphatic heterocycles. The second kappa shape index (κ2) is 8.85. The molecule has 0 saturated carbocycles. The number of halogens is 2. The smallest absolute Gasteiger partial charge is 0.211 e. The van der Waals surface area contributed by atoms with Gasteiger partial charge in [-0.2, -0.15) is 5.10 Å². The Kier molecular flexibility index (Phi) is 5.77. The Hall–Kier alpha value is -3.01. The van der Waals surface area contributed by atoms with Gasteiger partial charge in [0.2, 0.25) is 4.80 Å². The maximum absolute atomic E-state index is 10.4. The van der Waals surface area contributed by atoms with E-state index in [-0.39, 0.29) is 5.75 Å². The highest BCUT2D eigenvalue weighted by atomic mass is 79.9. The topological polar surface area (TPSA) is 75.9 Å². The van der Waals surface area contributed by atoms with Crippen molar-refractivity contribution in [1.82, 2.24) is 9.66 Å². The molecule has 0 radical (unpaired) electrons. The number of pyridine rings is 1. The van der Waals surface area contributed by atoms with E-state index in [1.165, 1.54) is 11.3 Å². The first-order valence-corrected chi connectivity index (χ1v) is 11.9. The first kappa shape index (κ1) is 20.9. The third kappa shape index (κ3) is 4.19. The summed E-state index contributed by atoms with van der Waals surface area (Å²) in [6.07, 6.45) is 4.98. The Morgan fingerprint density at radius 3 is 2.78 bits per heavy atom. The SMILES string of the molecule is Oc1c(Br)cc(Br)cc1C=Nn1c(-c2cc3ccccc3o2)csc1=Nc1cccnc1. The van der Waals surface area contributed by atoms with Crippen molar-refractivity contribution >= 4 is 66.1 Å². The molecule has 0 spiro atoms. The lowest BCUT2D eigenvalue weighted by Gasteiger charge is -2.04. The second-order valence-electron chi connectivity index (χ2n) is 6.76. The van der Waals surface area contributed by atoms with E-state index in [0.717, 1.165) is 21.1 Å². The van der Waals surface area contributed by atoms with Crippen molar-refractivity contribution in [3.63, 3.8) is 0 Å². The first-order valence-electron chi connectivity index (χ1n) is 9.45. The van der Waals surface area contributed by atoms with Crippen molar-refractivity contribution in [2.75, 3.05) is 0 Å². The van der Waals surface area contributed by atoms with E-state index < -0.39 is 0 Å². The van der Waals surface area contributed by atoms with Crippen LogP contribution in [0.1, 0.15) is 5.56 Å². The maximum atomic E-state index is 10.4. The molecular formula is C23H14Br2N4O2S. The van der Waals surface area contributed by atoms with Gasteiger partial charge in [0.05, 0.1) is 22.6 Å². The van der Waals surface area contributed by atoms with Gasteiger partial charge in [0, 0.05) is 27.0 Å². The fourth-order valence-electron chi connectivity index (χ4n) is 3.10. The Morgan fingerprint density at radius 1 is 1.09 bits per heavy atom. The molecule has 5 rings (SSSR count). The van der Waals surface area contributed by atoms with Gasteiger partial charge in [0.25, 0.3) is 0 Å². The van der Waals surface area contributed by atoms with Gasteiger partial charge in [-0.05, 0) is 52.3 Å². The minimum Gasteiger partial charge on any atom is -0.506 e. The molecule has 0 saturated heterocycles. The summed E-state index contributed by atoms with van der Waals surface area (Å²) < 4.78 is 9.15. The zero-order valence-corrected chi connectivity index (χ0v) is 20.3. The zero-order valence-electron chi connectivity index (χ0n) is 16.3. The molecule has 2 aromatic carbocycles. The van der Waals surface area contributed by atoms with E-state index in [2.05, 4.69) is 41.9 Å². The summed E-state index contributed by atoms with van der Waals surface area (Å²) in [6.45, 7) is 0. The lowest BCUT2D eigenvalue weighted by molar-refractivity contribution is 0.471. The number of benzene rings is 2. The van der Waals surface area contributed by atoms with Crippen LogP contribution in [0.25, 0.3) is 22.4 Å². The molecule has 3 heterocycles.